The zero-order chi connectivity index (χ0) is 10.3. The third-order valence-corrected chi connectivity index (χ3v) is 3.71. The lowest BCUT2D eigenvalue weighted by atomic mass is 10.1. The van der Waals surface area contributed by atoms with Crippen molar-refractivity contribution >= 4 is 5.84 Å². The van der Waals surface area contributed by atoms with E-state index < -0.39 is 0 Å². The minimum Gasteiger partial charge on any atom is -1.00 e. The zero-order valence-corrected chi connectivity index (χ0v) is 10.9. The molecule has 1 aliphatic carbocycles. The van der Waals surface area contributed by atoms with Gasteiger partial charge in [-0.15, -0.1) is 0 Å². The molecule has 0 unspecified atom stereocenters. The second-order valence-electron chi connectivity index (χ2n) is 4.61. The van der Waals surface area contributed by atoms with Crippen LogP contribution in [0.2, 0.25) is 0 Å². The maximum atomic E-state index is 6.21. The highest BCUT2D eigenvalue weighted by atomic mass is 79.9. The molecule has 1 aromatic rings. The summed E-state index contributed by atoms with van der Waals surface area (Å²) >= 11 is 0. The molecule has 2 aliphatic rings. The number of rotatable bonds is 1. The average molecular weight is 281 g/mol. The molecule has 1 aromatic carbocycles. The van der Waals surface area contributed by atoms with Crippen LogP contribution in [0.15, 0.2) is 24.3 Å². The van der Waals surface area contributed by atoms with Gasteiger partial charge in [0.2, 0.25) is 0 Å². The Morgan fingerprint density at radius 3 is 2.50 bits per heavy atom. The van der Waals surface area contributed by atoms with Crippen LogP contribution >= 0.6 is 0 Å². The quantitative estimate of drug-likeness (QED) is 0.648. The van der Waals surface area contributed by atoms with Crippen molar-refractivity contribution in [3.05, 3.63) is 35.4 Å². The monoisotopic (exact) mass is 280 g/mol. The highest BCUT2D eigenvalue weighted by molar-refractivity contribution is 5.96. The molecule has 16 heavy (non-hydrogen) atoms. The topological polar surface area (TPSA) is 29.0 Å². The van der Waals surface area contributed by atoms with Crippen molar-refractivity contribution in [2.75, 3.05) is 0 Å². The molecule has 1 aliphatic heterocycles. The minimum atomic E-state index is 0. The van der Waals surface area contributed by atoms with Crippen LogP contribution in [0.3, 0.4) is 0 Å². The molecular weight excluding hydrogens is 264 g/mol. The van der Waals surface area contributed by atoms with Gasteiger partial charge in [0.1, 0.15) is 6.54 Å². The number of nitrogens with zero attached hydrogens (tertiary/aromatic N) is 1. The Bertz CT molecular complexity index is 420. The Hall–Kier alpha value is -0.830. The number of halogens is 1. The highest BCUT2D eigenvalue weighted by Crippen LogP contribution is 2.26. The molecule has 2 nitrogen and oxygen atoms in total. The van der Waals surface area contributed by atoms with Crippen molar-refractivity contribution in [3.8, 4) is 0 Å². The van der Waals surface area contributed by atoms with E-state index in [0.717, 1.165) is 12.4 Å². The van der Waals surface area contributed by atoms with Crippen molar-refractivity contribution in [3.63, 3.8) is 0 Å². The second-order valence-corrected chi connectivity index (χ2v) is 4.61. The van der Waals surface area contributed by atoms with Crippen LogP contribution in [0.1, 0.15) is 36.8 Å². The summed E-state index contributed by atoms with van der Waals surface area (Å²) in [6.45, 7) is 1.02. The van der Waals surface area contributed by atoms with Crippen LogP contribution in [0.4, 0.5) is 0 Å². The smallest absolute Gasteiger partial charge is 0.275 e. The van der Waals surface area contributed by atoms with E-state index >= 15 is 0 Å². The molecule has 0 radical (unpaired) electrons. The Balaban J connectivity index is 0.000000963. The predicted octanol–water partition coefficient (Wildman–Crippen LogP) is -1.14. The molecule has 0 atom stereocenters. The van der Waals surface area contributed by atoms with Gasteiger partial charge in [0.05, 0.1) is 11.6 Å². The van der Waals surface area contributed by atoms with Gasteiger partial charge in [-0.05, 0) is 31.7 Å². The summed E-state index contributed by atoms with van der Waals surface area (Å²) in [7, 11) is 0. The van der Waals surface area contributed by atoms with Gasteiger partial charge in [-0.1, -0.05) is 18.2 Å². The van der Waals surface area contributed by atoms with Crippen LogP contribution in [0, 0.1) is 0 Å². The van der Waals surface area contributed by atoms with Gasteiger partial charge in [-0.25, -0.2) is 0 Å². The van der Waals surface area contributed by atoms with Crippen LogP contribution in [-0.2, 0) is 6.54 Å². The molecule has 0 spiro atoms. The SMILES string of the molecule is NC1=[N+](C2CCCC2)Cc2ccccc21.[Br-]. The Kier molecular flexibility index (Phi) is 3.33. The summed E-state index contributed by atoms with van der Waals surface area (Å²) in [4.78, 5) is 0. The van der Waals surface area contributed by atoms with Crippen molar-refractivity contribution in [2.24, 2.45) is 5.73 Å². The first kappa shape index (κ1) is 11.6. The van der Waals surface area contributed by atoms with E-state index in [1.807, 2.05) is 0 Å². The van der Waals surface area contributed by atoms with Gasteiger partial charge in [0.25, 0.3) is 5.84 Å². The fourth-order valence-electron chi connectivity index (χ4n) is 2.87. The molecule has 1 fully saturated rings. The number of nitrogens with two attached hydrogens (primary N) is 1. The molecule has 3 heteroatoms. The summed E-state index contributed by atoms with van der Waals surface area (Å²) in [5, 5.41) is 0. The van der Waals surface area contributed by atoms with Crippen LogP contribution in [-0.4, -0.2) is 16.5 Å². The summed E-state index contributed by atoms with van der Waals surface area (Å²) < 4.78 is 2.40. The average Bonchev–Trinajstić information content (AvgIpc) is 2.87. The minimum absolute atomic E-state index is 0. The first-order valence-corrected chi connectivity index (χ1v) is 5.83. The molecule has 0 aromatic heterocycles. The fraction of sp³-hybridized carbons (Fsp3) is 0.462. The molecule has 1 heterocycles. The zero-order valence-electron chi connectivity index (χ0n) is 9.32. The number of benzene rings is 1. The molecule has 0 saturated heterocycles. The lowest BCUT2D eigenvalue weighted by Crippen LogP contribution is -3.00. The maximum Gasteiger partial charge on any atom is 0.275 e. The van der Waals surface area contributed by atoms with Crippen molar-refractivity contribution in [1.82, 2.24) is 0 Å². The maximum absolute atomic E-state index is 6.21. The van der Waals surface area contributed by atoms with E-state index in [1.165, 1.54) is 36.8 Å². The predicted molar refractivity (Wildman–Crippen MR) is 61.0 cm³/mol. The summed E-state index contributed by atoms with van der Waals surface area (Å²) in [5.41, 5.74) is 8.86. The van der Waals surface area contributed by atoms with Gasteiger partial charge in [-0.3, -0.25) is 10.3 Å². The fourth-order valence-corrected chi connectivity index (χ4v) is 2.87. The third kappa shape index (κ3) is 1.77. The Labute approximate surface area is 107 Å². The molecular formula is C13H17BrN2. The van der Waals surface area contributed by atoms with Gasteiger partial charge >= 0.3 is 0 Å². The van der Waals surface area contributed by atoms with Gasteiger partial charge in [0.15, 0.2) is 0 Å². The van der Waals surface area contributed by atoms with Crippen LogP contribution < -0.4 is 22.7 Å². The van der Waals surface area contributed by atoms with Crippen LogP contribution in [0.5, 0.6) is 0 Å². The number of hydrogen-bond acceptors (Lipinski definition) is 1. The standard InChI is InChI=1S/C13H16N2.BrH/c14-13-12-8-4-1-5-10(12)9-15(13)11-6-2-3-7-11;/h1,4-5,8,11,14H,2-3,6-7,9H2;1H. The summed E-state index contributed by atoms with van der Waals surface area (Å²) in [5.74, 6) is 0.998. The molecule has 0 bridgehead atoms. The van der Waals surface area contributed by atoms with E-state index in [2.05, 4.69) is 28.8 Å². The van der Waals surface area contributed by atoms with E-state index in [0.29, 0.717) is 6.04 Å². The van der Waals surface area contributed by atoms with Gasteiger partial charge in [0, 0.05) is 5.56 Å². The van der Waals surface area contributed by atoms with E-state index in [-0.39, 0.29) is 17.0 Å². The molecule has 86 valence electrons. The normalized spacial score (nSPS) is 19.8. The number of amidine groups is 1. The molecule has 3 rings (SSSR count). The van der Waals surface area contributed by atoms with Crippen molar-refractivity contribution in [1.29, 1.82) is 0 Å². The Morgan fingerprint density at radius 1 is 1.12 bits per heavy atom. The Morgan fingerprint density at radius 2 is 1.81 bits per heavy atom. The summed E-state index contributed by atoms with van der Waals surface area (Å²) in [6.07, 6.45) is 5.36. The lowest BCUT2D eigenvalue weighted by Gasteiger charge is -2.10. The highest BCUT2D eigenvalue weighted by Gasteiger charge is 2.31. The first-order chi connectivity index (χ1) is 7.36. The van der Waals surface area contributed by atoms with Gasteiger partial charge < -0.3 is 17.0 Å². The second kappa shape index (κ2) is 4.58. The third-order valence-electron chi connectivity index (χ3n) is 3.71. The molecule has 1 saturated carbocycles. The van der Waals surface area contributed by atoms with E-state index in [9.17, 15) is 0 Å². The lowest BCUT2D eigenvalue weighted by molar-refractivity contribution is -0.576. The number of hydrogen-bond donors (Lipinski definition) is 1. The van der Waals surface area contributed by atoms with E-state index in [1.54, 1.807) is 0 Å². The largest absolute Gasteiger partial charge is 1.00 e. The van der Waals surface area contributed by atoms with Crippen LogP contribution in [0.25, 0.3) is 0 Å². The summed E-state index contributed by atoms with van der Waals surface area (Å²) in [6, 6.07) is 9.20. The van der Waals surface area contributed by atoms with Crippen molar-refractivity contribution < 1.29 is 21.6 Å². The molecule has 0 amide bonds. The van der Waals surface area contributed by atoms with Crippen molar-refractivity contribution in [2.45, 2.75) is 38.3 Å². The van der Waals surface area contributed by atoms with Gasteiger partial charge in [-0.2, -0.15) is 0 Å². The first-order valence-electron chi connectivity index (χ1n) is 5.83. The molecule has 2 N–H and O–H groups in total. The number of fused-ring (bicyclic) bond motifs is 1. The van der Waals surface area contributed by atoms with E-state index in [4.69, 9.17) is 5.73 Å².